The maximum atomic E-state index is 13.9. The number of hydrogen-bond acceptors (Lipinski definition) is 9. The Labute approximate surface area is 253 Å². The zero-order valence-corrected chi connectivity index (χ0v) is 24.9. The number of hydrogen-bond donors (Lipinski definition) is 3. The van der Waals surface area contributed by atoms with E-state index < -0.39 is 64.4 Å². The average Bonchev–Trinajstić information content (AvgIpc) is 3.37. The molecule has 10 nitrogen and oxygen atoms in total. The number of halogens is 1. The predicted octanol–water partition coefficient (Wildman–Crippen LogP) is 1.12. The molecule has 0 saturated heterocycles. The van der Waals surface area contributed by atoms with Gasteiger partial charge in [-0.25, -0.2) is 0 Å². The molecule has 1 amide bonds. The zero-order valence-electron chi connectivity index (χ0n) is 24.2. The maximum absolute atomic E-state index is 13.9. The molecule has 0 heterocycles. The number of aromatic hydroxyl groups is 1. The fourth-order valence-corrected chi connectivity index (χ4v) is 8.35. The zero-order chi connectivity index (χ0) is 31.1. The predicted molar refractivity (Wildman–Crippen MR) is 155 cm³/mol. The number of benzene rings is 2. The Morgan fingerprint density at radius 3 is 2.26 bits per heavy atom. The van der Waals surface area contributed by atoms with Crippen LogP contribution in [0.1, 0.15) is 39.0 Å². The fraction of sp³-hybridized carbons (Fsp3) is 0.469. The monoisotopic (exact) mass is 607 g/mol. The van der Waals surface area contributed by atoms with Crippen molar-refractivity contribution in [3.8, 4) is 5.75 Å². The summed E-state index contributed by atoms with van der Waals surface area (Å²) in [5.74, 6) is -10.8. The third kappa shape index (κ3) is 4.29. The number of fused-ring (bicyclic) bond motifs is 4. The molecular weight excluding hydrogens is 574 g/mol. The Morgan fingerprint density at radius 2 is 1.67 bits per heavy atom. The maximum Gasteiger partial charge on any atom is 0.235 e. The number of amides is 1. The first kappa shape index (κ1) is 29.6. The number of phenolic OH excluding ortho intramolecular Hbond substituents is 1. The number of ketones is 4. The third-order valence-electron chi connectivity index (χ3n) is 10.1. The van der Waals surface area contributed by atoms with Crippen molar-refractivity contribution < 1.29 is 34.2 Å². The smallest absolute Gasteiger partial charge is 0.235 e. The van der Waals surface area contributed by atoms with Crippen molar-refractivity contribution in [3.05, 3.63) is 63.2 Å². The number of phenols is 1. The molecule has 6 atom stereocenters. The van der Waals surface area contributed by atoms with Crippen molar-refractivity contribution in [1.29, 1.82) is 0 Å². The topological polar surface area (TPSA) is 158 Å². The molecule has 4 N–H and O–H groups in total. The van der Waals surface area contributed by atoms with Crippen molar-refractivity contribution in [2.75, 3.05) is 21.1 Å². The van der Waals surface area contributed by atoms with Crippen LogP contribution in [0.25, 0.3) is 0 Å². The summed E-state index contributed by atoms with van der Waals surface area (Å²) >= 11 is 6.92. The summed E-state index contributed by atoms with van der Waals surface area (Å²) in [4.78, 5) is 70.2. The molecule has 4 aliphatic rings. The second-order valence-electron chi connectivity index (χ2n) is 12.8. The highest BCUT2D eigenvalue weighted by Crippen LogP contribution is 2.52. The first-order valence-electron chi connectivity index (χ1n) is 14.4. The summed E-state index contributed by atoms with van der Waals surface area (Å²) in [5.41, 5.74) is 6.17. The van der Waals surface area contributed by atoms with Gasteiger partial charge < -0.3 is 15.9 Å². The van der Waals surface area contributed by atoms with Crippen LogP contribution in [0.15, 0.2) is 30.3 Å². The highest BCUT2D eigenvalue weighted by Gasteiger charge is 2.69. The van der Waals surface area contributed by atoms with Crippen LogP contribution in [0.3, 0.4) is 0 Å². The molecule has 0 aromatic heterocycles. The van der Waals surface area contributed by atoms with E-state index in [-0.39, 0.29) is 30.2 Å². The first-order valence-corrected chi connectivity index (χ1v) is 14.8. The lowest BCUT2D eigenvalue weighted by Gasteiger charge is -2.52. The number of carbonyl (C=O) groups is 5. The number of carbonyl (C=O) groups excluding carboxylic acids is 5. The standard InChI is InChI=1S/C32H34ClN3O7/c1-35(2)26-20-11-16-10-19-23(27(38)22(16)29(40)32(20,43)30(41)24(28(26)39)31(34)42)21(37)12-17(25(19)33)13-36(3)18-8-14-6-4-5-7-15(14)9-18/h4-7,12,16,18,20,22,24,26,37,43H,8-11,13H2,1-3H3,(H2,34,42)/t16-,20-,22?,24?,26-,32-/m0/s1. The molecule has 2 unspecified atom stereocenters. The van der Waals surface area contributed by atoms with E-state index in [1.807, 2.05) is 19.2 Å². The van der Waals surface area contributed by atoms with Crippen molar-refractivity contribution >= 4 is 40.6 Å². The molecule has 2 aromatic carbocycles. The number of nitrogens with two attached hydrogens (primary N) is 1. The largest absolute Gasteiger partial charge is 0.507 e. The highest BCUT2D eigenvalue weighted by atomic mass is 35.5. The third-order valence-corrected chi connectivity index (χ3v) is 10.6. The van der Waals surface area contributed by atoms with E-state index in [4.69, 9.17) is 17.3 Å². The molecule has 6 rings (SSSR count). The Bertz CT molecular complexity index is 1580. The van der Waals surface area contributed by atoms with E-state index in [1.165, 1.54) is 22.1 Å². The quantitative estimate of drug-likeness (QED) is 0.424. The summed E-state index contributed by atoms with van der Waals surface area (Å²) in [5, 5.41) is 23.1. The van der Waals surface area contributed by atoms with Gasteiger partial charge in [-0.2, -0.15) is 0 Å². The number of Topliss-reactive ketones (excluding diaryl/α,β-unsaturated/α-hetero) is 4. The highest BCUT2D eigenvalue weighted by molar-refractivity contribution is 6.34. The van der Waals surface area contributed by atoms with Gasteiger partial charge in [-0.05, 0) is 81.1 Å². The first-order chi connectivity index (χ1) is 20.3. The van der Waals surface area contributed by atoms with Gasteiger partial charge in [0, 0.05) is 23.5 Å². The van der Waals surface area contributed by atoms with Crippen molar-refractivity contribution in [3.63, 3.8) is 0 Å². The van der Waals surface area contributed by atoms with E-state index in [0.29, 0.717) is 22.7 Å². The van der Waals surface area contributed by atoms with Gasteiger partial charge in [0.15, 0.2) is 34.7 Å². The van der Waals surface area contributed by atoms with Gasteiger partial charge in [-0.1, -0.05) is 35.9 Å². The van der Waals surface area contributed by atoms with Crippen molar-refractivity contribution in [1.82, 2.24) is 9.80 Å². The molecule has 43 heavy (non-hydrogen) atoms. The lowest BCUT2D eigenvalue weighted by atomic mass is 9.52. The van der Waals surface area contributed by atoms with E-state index in [0.717, 1.165) is 12.8 Å². The summed E-state index contributed by atoms with van der Waals surface area (Å²) < 4.78 is 0. The molecule has 0 spiro atoms. The minimum atomic E-state index is -2.75. The van der Waals surface area contributed by atoms with Crippen LogP contribution in [-0.2, 0) is 45.0 Å². The molecule has 11 heteroatoms. The lowest BCUT2D eigenvalue weighted by Crippen LogP contribution is -2.74. The van der Waals surface area contributed by atoms with Crippen LogP contribution in [0.2, 0.25) is 5.02 Å². The molecule has 2 saturated carbocycles. The Kier molecular flexibility index (Phi) is 7.12. The number of primary amides is 1. The minimum Gasteiger partial charge on any atom is -0.507 e. The van der Waals surface area contributed by atoms with Gasteiger partial charge in [0.2, 0.25) is 5.91 Å². The summed E-state index contributed by atoms with van der Waals surface area (Å²) in [6, 6.07) is 8.82. The molecule has 0 bridgehead atoms. The Balaban J connectivity index is 1.34. The van der Waals surface area contributed by atoms with Crippen molar-refractivity contribution in [2.45, 2.75) is 49.9 Å². The van der Waals surface area contributed by atoms with Gasteiger partial charge in [-0.3, -0.25) is 33.8 Å². The summed E-state index contributed by atoms with van der Waals surface area (Å²) in [7, 11) is 5.09. The van der Waals surface area contributed by atoms with Crippen LogP contribution in [0.4, 0.5) is 0 Å². The molecule has 2 fully saturated rings. The van der Waals surface area contributed by atoms with Gasteiger partial charge in [0.25, 0.3) is 0 Å². The molecule has 2 aromatic rings. The molecule has 0 radical (unpaired) electrons. The van der Waals surface area contributed by atoms with Crippen LogP contribution in [0.5, 0.6) is 5.75 Å². The van der Waals surface area contributed by atoms with Gasteiger partial charge in [0.1, 0.15) is 5.75 Å². The SMILES string of the molecule is CN(Cc1cc(O)c2c(c1Cl)C[C@H]1C[C@H]3[C@H](N(C)C)C(=O)C(C(N)=O)C(=O)[C@@]3(O)C(=O)C1C2=O)C1Cc2ccccc2C1. The second-order valence-corrected chi connectivity index (χ2v) is 13.1. The number of likely N-dealkylation sites (N-methyl/N-ethyl adjacent to an activating group) is 2. The van der Waals surface area contributed by atoms with E-state index in [9.17, 15) is 34.2 Å². The fourth-order valence-electron chi connectivity index (χ4n) is 8.07. The van der Waals surface area contributed by atoms with Crippen molar-refractivity contribution in [2.24, 2.45) is 29.4 Å². The average molecular weight is 608 g/mol. The summed E-state index contributed by atoms with van der Waals surface area (Å²) in [6.07, 6.45) is 1.88. The Morgan fingerprint density at radius 1 is 1.05 bits per heavy atom. The molecule has 226 valence electrons. The van der Waals surface area contributed by atoms with Crippen LogP contribution in [0, 0.1) is 23.7 Å². The Hall–Kier alpha value is -3.44. The van der Waals surface area contributed by atoms with Crippen LogP contribution >= 0.6 is 11.6 Å². The molecule has 0 aliphatic heterocycles. The molecule has 4 aliphatic carbocycles. The lowest BCUT2D eigenvalue weighted by molar-refractivity contribution is -0.181. The van der Waals surface area contributed by atoms with Crippen LogP contribution in [-0.4, -0.2) is 87.9 Å². The van der Waals surface area contributed by atoms with Crippen LogP contribution < -0.4 is 5.73 Å². The van der Waals surface area contributed by atoms with Gasteiger partial charge in [0.05, 0.1) is 17.5 Å². The van der Waals surface area contributed by atoms with E-state index in [2.05, 4.69) is 17.0 Å². The van der Waals surface area contributed by atoms with Gasteiger partial charge >= 0.3 is 0 Å². The van der Waals surface area contributed by atoms with E-state index in [1.54, 1.807) is 14.1 Å². The number of aliphatic hydroxyl groups is 1. The van der Waals surface area contributed by atoms with E-state index >= 15 is 0 Å². The minimum absolute atomic E-state index is 0.0224. The second kappa shape index (κ2) is 10.3. The van der Waals surface area contributed by atoms with Gasteiger partial charge in [-0.15, -0.1) is 0 Å². The number of nitrogens with zero attached hydrogens (tertiary/aromatic N) is 2. The summed E-state index contributed by atoms with van der Waals surface area (Å²) in [6.45, 7) is 0.419. The molecular formula is C32H34ClN3O7. The normalized spacial score (nSPS) is 30.3. The number of rotatable bonds is 5.